The molecule has 7 heteroatoms. The Morgan fingerprint density at radius 3 is 2.64 bits per heavy atom. The van der Waals surface area contributed by atoms with Crippen LogP contribution in [0.4, 0.5) is 0 Å². The summed E-state index contributed by atoms with van der Waals surface area (Å²) in [7, 11) is 3.82. The zero-order chi connectivity index (χ0) is 15.7. The van der Waals surface area contributed by atoms with E-state index in [9.17, 15) is 9.90 Å². The van der Waals surface area contributed by atoms with E-state index in [-0.39, 0.29) is 11.9 Å². The first kappa shape index (κ1) is 14.7. The van der Waals surface area contributed by atoms with E-state index in [2.05, 4.69) is 10.2 Å². The van der Waals surface area contributed by atoms with Crippen LogP contribution in [0.15, 0.2) is 36.9 Å². The minimum absolute atomic E-state index is 0.0232. The highest BCUT2D eigenvalue weighted by atomic mass is 16.3. The Morgan fingerprint density at radius 2 is 2.00 bits per heavy atom. The number of amides is 1. The third kappa shape index (κ3) is 2.72. The molecular formula is C15H19N5O2. The van der Waals surface area contributed by atoms with Gasteiger partial charge in [0, 0.05) is 24.3 Å². The number of β-amino-alcohol motifs (C(OH)–C–C–N with tert-alkyl or cyclic N) is 1. The van der Waals surface area contributed by atoms with Crippen LogP contribution in [0.1, 0.15) is 10.4 Å². The number of benzene rings is 1. The Labute approximate surface area is 128 Å². The molecule has 116 valence electrons. The molecule has 3 rings (SSSR count). The van der Waals surface area contributed by atoms with Crippen molar-refractivity contribution in [3.8, 4) is 5.69 Å². The van der Waals surface area contributed by atoms with Crippen molar-refractivity contribution in [2.75, 3.05) is 27.2 Å². The van der Waals surface area contributed by atoms with Crippen LogP contribution in [0, 0.1) is 0 Å². The van der Waals surface area contributed by atoms with Gasteiger partial charge in [0.15, 0.2) is 0 Å². The molecule has 2 aromatic rings. The van der Waals surface area contributed by atoms with E-state index >= 15 is 0 Å². The fourth-order valence-corrected chi connectivity index (χ4v) is 2.76. The maximum absolute atomic E-state index is 12.6. The summed E-state index contributed by atoms with van der Waals surface area (Å²) in [5.41, 5.74) is 1.43. The Bertz CT molecular complexity index is 656. The fraction of sp³-hybridized carbons (Fsp3) is 0.400. The molecule has 2 heterocycles. The number of rotatable bonds is 3. The van der Waals surface area contributed by atoms with Gasteiger partial charge in [0.05, 0.1) is 12.1 Å². The highest BCUT2D eigenvalue weighted by Crippen LogP contribution is 2.18. The predicted molar refractivity (Wildman–Crippen MR) is 80.7 cm³/mol. The first-order chi connectivity index (χ1) is 10.6. The zero-order valence-corrected chi connectivity index (χ0v) is 12.6. The van der Waals surface area contributed by atoms with Crippen molar-refractivity contribution < 1.29 is 9.90 Å². The van der Waals surface area contributed by atoms with E-state index in [0.29, 0.717) is 18.7 Å². The summed E-state index contributed by atoms with van der Waals surface area (Å²) in [5.74, 6) is -0.0710. The molecule has 1 N–H and O–H groups in total. The van der Waals surface area contributed by atoms with Crippen molar-refractivity contribution in [3.63, 3.8) is 0 Å². The van der Waals surface area contributed by atoms with Crippen LogP contribution < -0.4 is 0 Å². The number of hydrogen-bond donors (Lipinski definition) is 1. The first-order valence-corrected chi connectivity index (χ1v) is 7.15. The SMILES string of the molecule is CN(C)[C@@H]1CN(C(=O)c2cccc(-n3cnnc3)c2)C[C@H]1O. The molecule has 0 spiro atoms. The summed E-state index contributed by atoms with van der Waals surface area (Å²) in [6.45, 7) is 0.891. The Kier molecular flexibility index (Phi) is 3.91. The third-order valence-electron chi connectivity index (χ3n) is 4.02. The average Bonchev–Trinajstić information content (AvgIpc) is 3.16. The highest BCUT2D eigenvalue weighted by molar-refractivity contribution is 5.95. The second-order valence-corrected chi connectivity index (χ2v) is 5.73. The van der Waals surface area contributed by atoms with E-state index in [1.54, 1.807) is 34.3 Å². The van der Waals surface area contributed by atoms with Crippen molar-refractivity contribution in [2.24, 2.45) is 0 Å². The fourth-order valence-electron chi connectivity index (χ4n) is 2.76. The van der Waals surface area contributed by atoms with Crippen molar-refractivity contribution in [2.45, 2.75) is 12.1 Å². The summed E-state index contributed by atoms with van der Waals surface area (Å²) >= 11 is 0. The lowest BCUT2D eigenvalue weighted by Gasteiger charge is -2.21. The van der Waals surface area contributed by atoms with Crippen LogP contribution in [0.5, 0.6) is 0 Å². The van der Waals surface area contributed by atoms with Gasteiger partial charge in [0.2, 0.25) is 0 Å². The van der Waals surface area contributed by atoms with Crippen molar-refractivity contribution in [1.82, 2.24) is 24.6 Å². The normalized spacial score (nSPS) is 21.5. The van der Waals surface area contributed by atoms with Gasteiger partial charge in [-0.05, 0) is 32.3 Å². The van der Waals surface area contributed by atoms with E-state index in [0.717, 1.165) is 5.69 Å². The van der Waals surface area contributed by atoms with Crippen LogP contribution in [-0.4, -0.2) is 74.9 Å². The molecule has 22 heavy (non-hydrogen) atoms. The highest BCUT2D eigenvalue weighted by Gasteiger charge is 2.35. The Balaban J connectivity index is 1.80. The van der Waals surface area contributed by atoms with E-state index < -0.39 is 6.10 Å². The monoisotopic (exact) mass is 301 g/mol. The smallest absolute Gasteiger partial charge is 0.254 e. The van der Waals surface area contributed by atoms with Gasteiger partial charge in [0.1, 0.15) is 12.7 Å². The number of aromatic nitrogens is 3. The van der Waals surface area contributed by atoms with E-state index in [1.807, 2.05) is 31.1 Å². The molecule has 1 saturated heterocycles. The largest absolute Gasteiger partial charge is 0.390 e. The number of nitrogens with zero attached hydrogens (tertiary/aromatic N) is 5. The van der Waals surface area contributed by atoms with Crippen molar-refractivity contribution in [3.05, 3.63) is 42.5 Å². The number of likely N-dealkylation sites (N-methyl/N-ethyl adjacent to an activating group) is 1. The molecule has 7 nitrogen and oxygen atoms in total. The summed E-state index contributed by atoms with van der Waals surface area (Å²) < 4.78 is 1.75. The molecule has 2 atom stereocenters. The number of aliphatic hydroxyl groups is 1. The third-order valence-corrected chi connectivity index (χ3v) is 4.02. The number of hydrogen-bond acceptors (Lipinski definition) is 5. The van der Waals surface area contributed by atoms with Gasteiger partial charge in [-0.25, -0.2) is 0 Å². The summed E-state index contributed by atoms with van der Waals surface area (Å²) in [5, 5.41) is 17.6. The summed E-state index contributed by atoms with van der Waals surface area (Å²) in [4.78, 5) is 16.3. The van der Waals surface area contributed by atoms with Gasteiger partial charge in [-0.2, -0.15) is 0 Å². The maximum Gasteiger partial charge on any atom is 0.254 e. The lowest BCUT2D eigenvalue weighted by atomic mass is 10.1. The molecule has 1 aliphatic heterocycles. The Morgan fingerprint density at radius 1 is 1.27 bits per heavy atom. The predicted octanol–water partition coefficient (Wildman–Crippen LogP) is 0.0142. The van der Waals surface area contributed by atoms with Gasteiger partial charge in [-0.1, -0.05) is 6.07 Å². The first-order valence-electron chi connectivity index (χ1n) is 7.15. The van der Waals surface area contributed by atoms with Crippen LogP contribution in [0.3, 0.4) is 0 Å². The quantitative estimate of drug-likeness (QED) is 0.865. The molecule has 1 aromatic heterocycles. The molecule has 1 amide bonds. The van der Waals surface area contributed by atoms with Gasteiger partial charge >= 0.3 is 0 Å². The second-order valence-electron chi connectivity index (χ2n) is 5.73. The molecular weight excluding hydrogens is 282 g/mol. The van der Waals surface area contributed by atoms with Crippen LogP contribution in [-0.2, 0) is 0 Å². The summed E-state index contributed by atoms with van der Waals surface area (Å²) in [6.07, 6.45) is 2.66. The minimum atomic E-state index is -0.514. The second kappa shape index (κ2) is 5.86. The minimum Gasteiger partial charge on any atom is -0.390 e. The number of carbonyl (C=O) groups is 1. The van der Waals surface area contributed by atoms with E-state index in [1.165, 1.54) is 0 Å². The van der Waals surface area contributed by atoms with Gasteiger partial charge < -0.3 is 14.9 Å². The zero-order valence-electron chi connectivity index (χ0n) is 12.6. The van der Waals surface area contributed by atoms with Crippen molar-refractivity contribution in [1.29, 1.82) is 0 Å². The standard InChI is InChI=1S/C15H19N5O2/c1-18(2)13-7-19(8-14(13)21)15(22)11-4-3-5-12(6-11)20-9-16-17-10-20/h3-6,9-10,13-14,21H,7-8H2,1-2H3/t13-,14-/m1/s1. The maximum atomic E-state index is 12.6. The lowest BCUT2D eigenvalue weighted by Crippen LogP contribution is -2.38. The molecule has 1 fully saturated rings. The molecule has 0 radical (unpaired) electrons. The molecule has 1 aromatic carbocycles. The topological polar surface area (TPSA) is 74.5 Å². The van der Waals surface area contributed by atoms with Crippen LogP contribution in [0.2, 0.25) is 0 Å². The van der Waals surface area contributed by atoms with Crippen LogP contribution in [0.25, 0.3) is 5.69 Å². The molecule has 1 aliphatic rings. The molecule has 0 bridgehead atoms. The number of aliphatic hydroxyl groups excluding tert-OH is 1. The molecule has 0 aliphatic carbocycles. The number of carbonyl (C=O) groups excluding carboxylic acids is 1. The van der Waals surface area contributed by atoms with Gasteiger partial charge in [0.25, 0.3) is 5.91 Å². The van der Waals surface area contributed by atoms with Crippen LogP contribution >= 0.6 is 0 Å². The average molecular weight is 301 g/mol. The number of likely N-dealkylation sites (tertiary alicyclic amines) is 1. The van der Waals surface area contributed by atoms with Gasteiger partial charge in [-0.3, -0.25) is 9.36 Å². The van der Waals surface area contributed by atoms with Crippen molar-refractivity contribution >= 4 is 5.91 Å². The Hall–Kier alpha value is -2.25. The molecule has 0 unspecified atom stereocenters. The van der Waals surface area contributed by atoms with E-state index in [4.69, 9.17) is 0 Å². The summed E-state index contributed by atoms with van der Waals surface area (Å²) in [6, 6.07) is 7.29. The lowest BCUT2D eigenvalue weighted by molar-refractivity contribution is 0.0764. The van der Waals surface area contributed by atoms with Gasteiger partial charge in [-0.15, -0.1) is 10.2 Å². The molecule has 0 saturated carbocycles.